The molecular formula is C13H11ClN4O2. The minimum absolute atomic E-state index is 0.266. The van der Waals surface area contributed by atoms with E-state index >= 15 is 0 Å². The van der Waals surface area contributed by atoms with Crippen molar-refractivity contribution in [3.63, 3.8) is 0 Å². The standard InChI is InChI=1S/C13H11ClN4O2/c1-19-11-6-10(12(20-2)5-9(11)14)18-13-16-4-3-8(7-15)17-13/h3-6H,1-2H3,(H,16,17,18). The normalized spacial score (nSPS) is 9.70. The van der Waals surface area contributed by atoms with E-state index in [9.17, 15) is 0 Å². The van der Waals surface area contributed by atoms with Gasteiger partial charge in [0.25, 0.3) is 0 Å². The number of ether oxygens (including phenoxy) is 2. The zero-order valence-corrected chi connectivity index (χ0v) is 11.6. The van der Waals surface area contributed by atoms with Crippen molar-refractivity contribution in [3.8, 4) is 17.6 Å². The van der Waals surface area contributed by atoms with Crippen LogP contribution in [0.1, 0.15) is 5.69 Å². The molecule has 0 amide bonds. The number of rotatable bonds is 4. The number of anilines is 2. The van der Waals surface area contributed by atoms with Crippen molar-refractivity contribution in [3.05, 3.63) is 35.1 Å². The molecular weight excluding hydrogens is 280 g/mol. The molecule has 0 aliphatic rings. The monoisotopic (exact) mass is 290 g/mol. The second-order valence-electron chi connectivity index (χ2n) is 3.69. The Hall–Kier alpha value is -2.52. The van der Waals surface area contributed by atoms with Gasteiger partial charge in [0.05, 0.1) is 24.9 Å². The number of benzene rings is 1. The van der Waals surface area contributed by atoms with Crippen LogP contribution < -0.4 is 14.8 Å². The summed E-state index contributed by atoms with van der Waals surface area (Å²) in [6, 6.07) is 6.76. The third kappa shape index (κ3) is 2.90. The highest BCUT2D eigenvalue weighted by Crippen LogP contribution is 2.36. The van der Waals surface area contributed by atoms with Gasteiger partial charge < -0.3 is 14.8 Å². The molecule has 0 radical (unpaired) electrons. The van der Waals surface area contributed by atoms with Gasteiger partial charge in [-0.1, -0.05) is 11.6 Å². The third-order valence-corrected chi connectivity index (χ3v) is 2.79. The van der Waals surface area contributed by atoms with Gasteiger partial charge in [0.15, 0.2) is 0 Å². The first-order chi connectivity index (χ1) is 9.67. The van der Waals surface area contributed by atoms with Gasteiger partial charge in [-0.25, -0.2) is 9.97 Å². The van der Waals surface area contributed by atoms with Crippen molar-refractivity contribution in [2.24, 2.45) is 0 Å². The SMILES string of the molecule is COc1cc(Nc2nccc(C#N)n2)c(OC)cc1Cl. The summed E-state index contributed by atoms with van der Waals surface area (Å²) in [4.78, 5) is 8.06. The average Bonchev–Trinajstić information content (AvgIpc) is 2.48. The van der Waals surface area contributed by atoms with Crippen LogP contribution >= 0.6 is 11.6 Å². The maximum absolute atomic E-state index is 8.82. The van der Waals surface area contributed by atoms with Gasteiger partial charge in [0.2, 0.25) is 5.95 Å². The second kappa shape index (κ2) is 6.08. The van der Waals surface area contributed by atoms with E-state index in [1.165, 1.54) is 26.5 Å². The van der Waals surface area contributed by atoms with Gasteiger partial charge in [-0.2, -0.15) is 5.26 Å². The van der Waals surface area contributed by atoms with Gasteiger partial charge in [0.1, 0.15) is 23.3 Å². The fourth-order valence-corrected chi connectivity index (χ4v) is 1.79. The fourth-order valence-electron chi connectivity index (χ4n) is 1.56. The number of aromatic nitrogens is 2. The maximum atomic E-state index is 8.82. The van der Waals surface area contributed by atoms with E-state index in [-0.39, 0.29) is 11.6 Å². The molecule has 1 N–H and O–H groups in total. The van der Waals surface area contributed by atoms with Crippen LogP contribution in [0.5, 0.6) is 11.5 Å². The molecule has 2 aromatic rings. The molecule has 7 heteroatoms. The quantitative estimate of drug-likeness (QED) is 0.932. The predicted molar refractivity (Wildman–Crippen MR) is 74.6 cm³/mol. The summed E-state index contributed by atoms with van der Waals surface area (Å²) in [6.07, 6.45) is 1.49. The molecule has 1 aromatic carbocycles. The topological polar surface area (TPSA) is 80.1 Å². The first-order valence-electron chi connectivity index (χ1n) is 5.59. The Morgan fingerprint density at radius 1 is 1.25 bits per heavy atom. The maximum Gasteiger partial charge on any atom is 0.228 e. The summed E-state index contributed by atoms with van der Waals surface area (Å²) >= 11 is 6.02. The van der Waals surface area contributed by atoms with E-state index in [1.807, 2.05) is 6.07 Å². The van der Waals surface area contributed by atoms with Crippen molar-refractivity contribution < 1.29 is 9.47 Å². The molecule has 0 atom stereocenters. The first kappa shape index (κ1) is 13.9. The number of halogens is 1. The molecule has 0 fully saturated rings. The van der Waals surface area contributed by atoms with Crippen LogP contribution in [0.15, 0.2) is 24.4 Å². The lowest BCUT2D eigenvalue weighted by atomic mass is 10.2. The lowest BCUT2D eigenvalue weighted by Crippen LogP contribution is -2.01. The number of nitriles is 1. The van der Waals surface area contributed by atoms with Crippen LogP contribution in [0.2, 0.25) is 5.02 Å². The van der Waals surface area contributed by atoms with Crippen LogP contribution in [-0.4, -0.2) is 24.2 Å². The third-order valence-electron chi connectivity index (χ3n) is 2.49. The number of methoxy groups -OCH3 is 2. The van der Waals surface area contributed by atoms with E-state index in [4.69, 9.17) is 26.3 Å². The Balaban J connectivity index is 2.39. The van der Waals surface area contributed by atoms with Gasteiger partial charge in [0, 0.05) is 18.3 Å². The summed E-state index contributed by atoms with van der Waals surface area (Å²) in [7, 11) is 3.04. The Bertz CT molecular complexity index is 670. The van der Waals surface area contributed by atoms with Gasteiger partial charge in [-0.15, -0.1) is 0 Å². The zero-order chi connectivity index (χ0) is 14.5. The summed E-state index contributed by atoms with van der Waals surface area (Å²) in [5, 5.41) is 12.2. The molecule has 0 unspecified atom stereocenters. The van der Waals surface area contributed by atoms with Crippen molar-refractivity contribution >= 4 is 23.2 Å². The van der Waals surface area contributed by atoms with Gasteiger partial charge in [-0.3, -0.25) is 0 Å². The van der Waals surface area contributed by atoms with E-state index in [1.54, 1.807) is 12.1 Å². The molecule has 0 spiro atoms. The molecule has 1 aromatic heterocycles. The highest BCUT2D eigenvalue weighted by atomic mass is 35.5. The average molecular weight is 291 g/mol. The molecule has 0 saturated heterocycles. The van der Waals surface area contributed by atoms with Crippen LogP contribution in [0.25, 0.3) is 0 Å². The Morgan fingerprint density at radius 3 is 2.65 bits per heavy atom. The van der Waals surface area contributed by atoms with Gasteiger partial charge in [-0.05, 0) is 6.07 Å². The number of nitrogens with one attached hydrogen (secondary N) is 1. The van der Waals surface area contributed by atoms with E-state index in [2.05, 4.69) is 15.3 Å². The van der Waals surface area contributed by atoms with E-state index in [0.717, 1.165) is 0 Å². The molecule has 6 nitrogen and oxygen atoms in total. The summed E-state index contributed by atoms with van der Waals surface area (Å²) in [5.41, 5.74) is 0.853. The Labute approximate surface area is 120 Å². The summed E-state index contributed by atoms with van der Waals surface area (Å²) < 4.78 is 10.4. The molecule has 0 aliphatic carbocycles. The molecule has 2 rings (SSSR count). The molecule has 0 saturated carbocycles. The smallest absolute Gasteiger partial charge is 0.228 e. The van der Waals surface area contributed by atoms with Crippen molar-refractivity contribution in [1.29, 1.82) is 5.26 Å². The van der Waals surface area contributed by atoms with Crippen molar-refractivity contribution in [2.45, 2.75) is 0 Å². The zero-order valence-electron chi connectivity index (χ0n) is 10.8. The molecule has 20 heavy (non-hydrogen) atoms. The van der Waals surface area contributed by atoms with Crippen LogP contribution in [0.4, 0.5) is 11.6 Å². The van der Waals surface area contributed by atoms with Crippen molar-refractivity contribution in [1.82, 2.24) is 9.97 Å². The van der Waals surface area contributed by atoms with E-state index in [0.29, 0.717) is 22.2 Å². The minimum Gasteiger partial charge on any atom is -0.495 e. The number of hydrogen-bond acceptors (Lipinski definition) is 6. The number of nitrogens with zero attached hydrogens (tertiary/aromatic N) is 3. The molecule has 0 bridgehead atoms. The van der Waals surface area contributed by atoms with Crippen LogP contribution in [-0.2, 0) is 0 Å². The van der Waals surface area contributed by atoms with E-state index < -0.39 is 0 Å². The highest BCUT2D eigenvalue weighted by Gasteiger charge is 2.11. The Morgan fingerprint density at radius 2 is 2.00 bits per heavy atom. The molecule has 1 heterocycles. The van der Waals surface area contributed by atoms with Gasteiger partial charge >= 0.3 is 0 Å². The molecule has 0 aliphatic heterocycles. The minimum atomic E-state index is 0.266. The Kier molecular flexibility index (Phi) is 4.23. The second-order valence-corrected chi connectivity index (χ2v) is 4.10. The highest BCUT2D eigenvalue weighted by molar-refractivity contribution is 6.32. The lowest BCUT2D eigenvalue weighted by Gasteiger charge is -2.12. The lowest BCUT2D eigenvalue weighted by molar-refractivity contribution is 0.405. The predicted octanol–water partition coefficient (Wildman–Crippen LogP) is 2.76. The summed E-state index contributed by atoms with van der Waals surface area (Å²) in [5.74, 6) is 1.29. The first-order valence-corrected chi connectivity index (χ1v) is 5.97. The van der Waals surface area contributed by atoms with Crippen LogP contribution in [0, 0.1) is 11.3 Å². The fraction of sp³-hybridized carbons (Fsp3) is 0.154. The van der Waals surface area contributed by atoms with Crippen LogP contribution in [0.3, 0.4) is 0 Å². The molecule has 102 valence electrons. The van der Waals surface area contributed by atoms with Crippen molar-refractivity contribution in [2.75, 3.05) is 19.5 Å². The number of hydrogen-bond donors (Lipinski definition) is 1. The largest absolute Gasteiger partial charge is 0.495 e. The summed E-state index contributed by atoms with van der Waals surface area (Å²) in [6.45, 7) is 0.